The Morgan fingerprint density at radius 2 is 2.00 bits per heavy atom. The van der Waals surface area contributed by atoms with E-state index in [2.05, 4.69) is 27.7 Å². The van der Waals surface area contributed by atoms with Crippen LogP contribution in [-0.2, 0) is 0 Å². The van der Waals surface area contributed by atoms with Crippen molar-refractivity contribution in [3.63, 3.8) is 0 Å². The van der Waals surface area contributed by atoms with Crippen molar-refractivity contribution >= 4 is 63.7 Å². The highest BCUT2D eigenvalue weighted by Gasteiger charge is 2.19. The number of halogens is 3. The number of nitrogen functional groups attached to an aromatic ring is 1. The SMILES string of the molecule is C=CCNC(=S)NNC(=O)c1nc(Cl)c(Cl)c(N)c1Cl. The molecule has 1 heterocycles. The van der Waals surface area contributed by atoms with Crippen molar-refractivity contribution in [1.82, 2.24) is 21.2 Å². The molecule has 0 aliphatic carbocycles. The van der Waals surface area contributed by atoms with Crippen molar-refractivity contribution in [2.24, 2.45) is 0 Å². The first kappa shape index (κ1) is 16.8. The summed E-state index contributed by atoms with van der Waals surface area (Å²) in [5.41, 5.74) is 10.2. The number of hydrazine groups is 1. The minimum Gasteiger partial charge on any atom is -0.396 e. The van der Waals surface area contributed by atoms with Crippen molar-refractivity contribution in [3.05, 3.63) is 33.5 Å². The Labute approximate surface area is 135 Å². The minimum absolute atomic E-state index is 0.00986. The summed E-state index contributed by atoms with van der Waals surface area (Å²) in [5.74, 6) is -0.664. The fraction of sp³-hybridized carbons (Fsp3) is 0.100. The van der Waals surface area contributed by atoms with E-state index in [4.69, 9.17) is 52.8 Å². The number of carbonyl (C=O) groups is 1. The highest BCUT2D eigenvalue weighted by atomic mass is 35.5. The van der Waals surface area contributed by atoms with Gasteiger partial charge in [0.05, 0.1) is 10.7 Å². The summed E-state index contributed by atoms with van der Waals surface area (Å²) in [4.78, 5) is 15.6. The van der Waals surface area contributed by atoms with Crippen molar-refractivity contribution in [2.75, 3.05) is 12.3 Å². The van der Waals surface area contributed by atoms with Gasteiger partial charge in [0.25, 0.3) is 5.91 Å². The first-order valence-electron chi connectivity index (χ1n) is 5.13. The van der Waals surface area contributed by atoms with Crippen LogP contribution in [0.5, 0.6) is 0 Å². The van der Waals surface area contributed by atoms with Gasteiger partial charge in [-0.2, -0.15) is 0 Å². The molecule has 0 bridgehead atoms. The van der Waals surface area contributed by atoms with Gasteiger partial charge in [-0.1, -0.05) is 40.9 Å². The normalized spacial score (nSPS) is 9.75. The smallest absolute Gasteiger partial charge is 0.289 e. The van der Waals surface area contributed by atoms with E-state index < -0.39 is 5.91 Å². The number of nitrogens with zero attached hydrogens (tertiary/aromatic N) is 1. The van der Waals surface area contributed by atoms with Gasteiger partial charge in [-0.3, -0.25) is 15.6 Å². The summed E-state index contributed by atoms with van der Waals surface area (Å²) in [6.07, 6.45) is 1.61. The molecule has 5 N–H and O–H groups in total. The van der Waals surface area contributed by atoms with Crippen LogP contribution in [0, 0.1) is 0 Å². The lowest BCUT2D eigenvalue weighted by Gasteiger charge is -2.12. The van der Waals surface area contributed by atoms with Gasteiger partial charge in [-0.25, -0.2) is 4.98 Å². The van der Waals surface area contributed by atoms with E-state index in [1.807, 2.05) is 0 Å². The molecule has 0 atom stereocenters. The molecule has 108 valence electrons. The molecule has 1 amide bonds. The molecule has 1 aromatic heterocycles. The number of amides is 1. The van der Waals surface area contributed by atoms with Crippen LogP contribution in [0.15, 0.2) is 12.7 Å². The van der Waals surface area contributed by atoms with Crippen LogP contribution in [0.25, 0.3) is 0 Å². The Bertz CT molecular complexity index is 566. The number of hydrogen-bond acceptors (Lipinski definition) is 4. The van der Waals surface area contributed by atoms with Gasteiger partial charge in [0.1, 0.15) is 5.02 Å². The zero-order valence-corrected chi connectivity index (χ0v) is 13.1. The Hall–Kier alpha value is -1.28. The molecule has 0 radical (unpaired) electrons. The lowest BCUT2D eigenvalue weighted by Crippen LogP contribution is -2.47. The second-order valence-corrected chi connectivity index (χ2v) is 4.89. The summed E-state index contributed by atoms with van der Waals surface area (Å²) in [7, 11) is 0. The lowest BCUT2D eigenvalue weighted by atomic mass is 10.3. The summed E-state index contributed by atoms with van der Waals surface area (Å²) in [5, 5.41) is 2.72. The molecule has 20 heavy (non-hydrogen) atoms. The number of nitrogens with one attached hydrogen (secondary N) is 3. The highest BCUT2D eigenvalue weighted by molar-refractivity contribution is 7.80. The molecule has 0 aliphatic rings. The molecule has 0 saturated heterocycles. The summed E-state index contributed by atoms with van der Waals surface area (Å²) in [6.45, 7) is 3.95. The maximum atomic E-state index is 11.9. The van der Waals surface area contributed by atoms with Crippen molar-refractivity contribution in [1.29, 1.82) is 0 Å². The molecule has 0 saturated carbocycles. The average molecular weight is 355 g/mol. The number of pyridine rings is 1. The molecule has 0 aromatic carbocycles. The monoisotopic (exact) mass is 353 g/mol. The van der Waals surface area contributed by atoms with Crippen LogP contribution in [0.3, 0.4) is 0 Å². The van der Waals surface area contributed by atoms with E-state index in [0.29, 0.717) is 6.54 Å². The van der Waals surface area contributed by atoms with Gasteiger partial charge in [0.2, 0.25) is 0 Å². The van der Waals surface area contributed by atoms with E-state index in [9.17, 15) is 4.79 Å². The first-order valence-corrected chi connectivity index (χ1v) is 6.67. The lowest BCUT2D eigenvalue weighted by molar-refractivity contribution is 0.0939. The molecule has 0 spiro atoms. The Balaban J connectivity index is 2.78. The minimum atomic E-state index is -0.664. The number of thiocarbonyl (C=S) groups is 1. The Kier molecular flexibility index (Phi) is 6.28. The highest BCUT2D eigenvalue weighted by Crippen LogP contribution is 2.34. The number of hydrogen-bond donors (Lipinski definition) is 4. The van der Waals surface area contributed by atoms with Crippen LogP contribution < -0.4 is 21.9 Å². The van der Waals surface area contributed by atoms with Gasteiger partial charge in [-0.05, 0) is 12.2 Å². The molecular weight excluding hydrogens is 345 g/mol. The number of anilines is 1. The molecule has 0 unspecified atom stereocenters. The topological polar surface area (TPSA) is 92.1 Å². The van der Waals surface area contributed by atoms with E-state index in [1.165, 1.54) is 0 Å². The maximum Gasteiger partial charge on any atom is 0.289 e. The van der Waals surface area contributed by atoms with Gasteiger partial charge in [0, 0.05) is 6.54 Å². The molecule has 0 aliphatic heterocycles. The molecular formula is C10H10Cl3N5OS. The first-order chi connectivity index (χ1) is 9.38. The average Bonchev–Trinajstić information content (AvgIpc) is 2.44. The molecule has 0 fully saturated rings. The third kappa shape index (κ3) is 4.11. The van der Waals surface area contributed by atoms with Crippen LogP contribution in [0.4, 0.5) is 5.69 Å². The third-order valence-corrected chi connectivity index (χ3v) is 3.37. The quantitative estimate of drug-likeness (QED) is 0.287. The predicted octanol–water partition coefficient (Wildman–Crippen LogP) is 1.92. The van der Waals surface area contributed by atoms with Crippen molar-refractivity contribution in [2.45, 2.75) is 0 Å². The van der Waals surface area contributed by atoms with Crippen LogP contribution in [-0.4, -0.2) is 22.5 Å². The van der Waals surface area contributed by atoms with Crippen molar-refractivity contribution < 1.29 is 4.79 Å². The Morgan fingerprint density at radius 1 is 1.35 bits per heavy atom. The number of rotatable bonds is 3. The predicted molar refractivity (Wildman–Crippen MR) is 85.1 cm³/mol. The van der Waals surface area contributed by atoms with Crippen LogP contribution in [0.2, 0.25) is 15.2 Å². The second-order valence-electron chi connectivity index (χ2n) is 3.37. The van der Waals surface area contributed by atoms with E-state index in [0.717, 1.165) is 0 Å². The molecule has 1 aromatic rings. The van der Waals surface area contributed by atoms with Crippen LogP contribution in [0.1, 0.15) is 10.5 Å². The summed E-state index contributed by atoms with van der Waals surface area (Å²) >= 11 is 22.3. The second kappa shape index (κ2) is 7.49. The van der Waals surface area contributed by atoms with E-state index in [1.54, 1.807) is 6.08 Å². The fourth-order valence-corrected chi connectivity index (χ4v) is 1.79. The van der Waals surface area contributed by atoms with Crippen molar-refractivity contribution in [3.8, 4) is 0 Å². The zero-order valence-electron chi connectivity index (χ0n) is 9.97. The summed E-state index contributed by atoms with van der Waals surface area (Å²) in [6, 6.07) is 0. The van der Waals surface area contributed by atoms with Gasteiger partial charge >= 0.3 is 0 Å². The molecule has 6 nitrogen and oxygen atoms in total. The van der Waals surface area contributed by atoms with Gasteiger partial charge < -0.3 is 11.1 Å². The largest absolute Gasteiger partial charge is 0.396 e. The number of nitrogens with two attached hydrogens (primary N) is 1. The zero-order chi connectivity index (χ0) is 15.3. The van der Waals surface area contributed by atoms with E-state index >= 15 is 0 Å². The standard InChI is InChI=1S/C10H10Cl3N5OS/c1-2-3-15-10(20)18-17-9(19)7-4(11)6(14)5(12)8(13)16-7/h2H,1,3H2,(H2,14,16)(H,17,19)(H2,15,18,20). The van der Waals surface area contributed by atoms with Gasteiger partial charge in [0.15, 0.2) is 16.0 Å². The fourth-order valence-electron chi connectivity index (χ4n) is 1.06. The number of aromatic nitrogens is 1. The van der Waals surface area contributed by atoms with Gasteiger partial charge in [-0.15, -0.1) is 6.58 Å². The van der Waals surface area contributed by atoms with E-state index in [-0.39, 0.29) is 31.7 Å². The summed E-state index contributed by atoms with van der Waals surface area (Å²) < 4.78 is 0. The van der Waals surface area contributed by atoms with Crippen LogP contribution >= 0.6 is 47.0 Å². The Morgan fingerprint density at radius 3 is 2.60 bits per heavy atom. The molecule has 1 rings (SSSR count). The maximum absolute atomic E-state index is 11.9. The molecule has 10 heteroatoms. The third-order valence-electron chi connectivity index (χ3n) is 1.98. The number of carbonyl (C=O) groups excluding carboxylic acids is 1.